The van der Waals surface area contributed by atoms with E-state index < -0.39 is 0 Å². The van der Waals surface area contributed by atoms with Crippen molar-refractivity contribution in [1.29, 1.82) is 0 Å². The van der Waals surface area contributed by atoms with Gasteiger partial charge in [-0.1, -0.05) is 30.3 Å². The molecule has 1 saturated heterocycles. The number of ketones is 1. The number of anilines is 1. The van der Waals surface area contributed by atoms with Crippen LogP contribution in [0.2, 0.25) is 0 Å². The lowest BCUT2D eigenvalue weighted by molar-refractivity contribution is -0.116. The number of hydrogen-bond acceptors (Lipinski definition) is 3. The zero-order valence-electron chi connectivity index (χ0n) is 10.1. The van der Waals surface area contributed by atoms with Crippen LogP contribution < -0.4 is 4.90 Å². The number of carbonyl (C=O) groups is 1. The van der Waals surface area contributed by atoms with Crippen molar-refractivity contribution in [2.75, 3.05) is 18.0 Å². The van der Waals surface area contributed by atoms with E-state index in [1.165, 1.54) is 5.56 Å². The number of carbonyl (C=O) groups excluding carboxylic acids is 1. The van der Waals surface area contributed by atoms with Crippen LogP contribution in [0, 0.1) is 0 Å². The first-order valence-electron chi connectivity index (χ1n) is 6.14. The molecule has 3 rings (SSSR count). The lowest BCUT2D eigenvalue weighted by atomic mass is 10.2. The van der Waals surface area contributed by atoms with Crippen LogP contribution >= 0.6 is 0 Å². The minimum absolute atomic E-state index is 0.311. The molecule has 0 spiro atoms. The van der Waals surface area contributed by atoms with Gasteiger partial charge in [0, 0.05) is 19.2 Å². The second-order valence-electron chi connectivity index (χ2n) is 4.59. The van der Waals surface area contributed by atoms with Crippen LogP contribution in [-0.2, 0) is 11.3 Å². The summed E-state index contributed by atoms with van der Waals surface area (Å²) in [5.74, 6) is 0.311. The summed E-state index contributed by atoms with van der Waals surface area (Å²) in [6, 6.07) is 10.2. The van der Waals surface area contributed by atoms with Gasteiger partial charge in [-0.2, -0.15) is 5.10 Å². The Hall–Kier alpha value is -2.10. The summed E-state index contributed by atoms with van der Waals surface area (Å²) in [7, 11) is 0. The molecule has 4 nitrogen and oxygen atoms in total. The molecule has 0 amide bonds. The molecule has 0 N–H and O–H groups in total. The monoisotopic (exact) mass is 241 g/mol. The molecule has 0 bridgehead atoms. The van der Waals surface area contributed by atoms with Gasteiger partial charge in [-0.15, -0.1) is 0 Å². The van der Waals surface area contributed by atoms with E-state index in [9.17, 15) is 4.79 Å². The summed E-state index contributed by atoms with van der Waals surface area (Å²) >= 11 is 0. The summed E-state index contributed by atoms with van der Waals surface area (Å²) in [5.41, 5.74) is 2.27. The highest BCUT2D eigenvalue weighted by Gasteiger charge is 2.20. The van der Waals surface area contributed by atoms with E-state index in [4.69, 9.17) is 0 Å². The van der Waals surface area contributed by atoms with E-state index in [0.717, 1.165) is 18.8 Å². The van der Waals surface area contributed by atoms with Crippen molar-refractivity contribution in [1.82, 2.24) is 9.78 Å². The van der Waals surface area contributed by atoms with Crippen molar-refractivity contribution >= 4 is 11.5 Å². The minimum Gasteiger partial charge on any atom is -0.361 e. The van der Waals surface area contributed by atoms with Crippen molar-refractivity contribution in [3.8, 4) is 0 Å². The van der Waals surface area contributed by atoms with Crippen molar-refractivity contribution in [2.24, 2.45) is 0 Å². The molecule has 0 radical (unpaired) electrons. The summed E-state index contributed by atoms with van der Waals surface area (Å²) in [4.78, 5) is 13.3. The molecule has 2 aromatic rings. The fourth-order valence-electron chi connectivity index (χ4n) is 2.22. The molecule has 2 heterocycles. The minimum atomic E-state index is 0.311. The molecule has 1 aromatic carbocycles. The Labute approximate surface area is 106 Å². The maximum absolute atomic E-state index is 11.3. The third-order valence-corrected chi connectivity index (χ3v) is 3.20. The van der Waals surface area contributed by atoms with E-state index in [-0.39, 0.29) is 0 Å². The Morgan fingerprint density at radius 1 is 1.22 bits per heavy atom. The largest absolute Gasteiger partial charge is 0.361 e. The second kappa shape index (κ2) is 4.64. The Balaban J connectivity index is 1.72. The Morgan fingerprint density at radius 2 is 2.06 bits per heavy atom. The van der Waals surface area contributed by atoms with E-state index in [1.54, 1.807) is 0 Å². The fraction of sp³-hybridized carbons (Fsp3) is 0.286. The lowest BCUT2D eigenvalue weighted by Crippen LogP contribution is -2.18. The molecule has 18 heavy (non-hydrogen) atoms. The zero-order chi connectivity index (χ0) is 12.4. The van der Waals surface area contributed by atoms with E-state index in [2.05, 4.69) is 22.1 Å². The Morgan fingerprint density at radius 3 is 2.78 bits per heavy atom. The van der Waals surface area contributed by atoms with E-state index in [0.29, 0.717) is 18.7 Å². The highest BCUT2D eigenvalue weighted by Crippen LogP contribution is 2.17. The third-order valence-electron chi connectivity index (χ3n) is 3.20. The van der Waals surface area contributed by atoms with Gasteiger partial charge < -0.3 is 4.90 Å². The summed E-state index contributed by atoms with van der Waals surface area (Å²) in [6.07, 6.45) is 4.50. The molecular weight excluding hydrogens is 226 g/mol. The third kappa shape index (κ3) is 2.27. The molecule has 1 aromatic heterocycles. The molecule has 1 fully saturated rings. The first-order valence-corrected chi connectivity index (χ1v) is 6.14. The number of benzene rings is 1. The van der Waals surface area contributed by atoms with Gasteiger partial charge in [0.15, 0.2) is 5.78 Å². The van der Waals surface area contributed by atoms with Crippen molar-refractivity contribution in [3.63, 3.8) is 0 Å². The van der Waals surface area contributed by atoms with Crippen molar-refractivity contribution < 1.29 is 4.79 Å². The van der Waals surface area contributed by atoms with Crippen LogP contribution in [0.1, 0.15) is 12.0 Å². The SMILES string of the molecule is O=C1CCN(c2cnn(Cc3ccccc3)c2)C1. The van der Waals surface area contributed by atoms with Crippen molar-refractivity contribution in [3.05, 3.63) is 48.3 Å². The van der Waals surface area contributed by atoms with E-state index >= 15 is 0 Å². The average Bonchev–Trinajstić information content (AvgIpc) is 2.99. The van der Waals surface area contributed by atoms with Crippen LogP contribution in [0.5, 0.6) is 0 Å². The van der Waals surface area contributed by atoms with Crippen LogP contribution in [0.3, 0.4) is 0 Å². The maximum Gasteiger partial charge on any atom is 0.153 e. The molecule has 1 aliphatic heterocycles. The molecular formula is C14H15N3O. The van der Waals surface area contributed by atoms with Gasteiger partial charge in [0.05, 0.1) is 25.0 Å². The predicted octanol–water partition coefficient (Wildman–Crippen LogP) is 1.71. The number of nitrogens with zero attached hydrogens (tertiary/aromatic N) is 3. The van der Waals surface area contributed by atoms with Crippen molar-refractivity contribution in [2.45, 2.75) is 13.0 Å². The van der Waals surface area contributed by atoms with Gasteiger partial charge in [0.25, 0.3) is 0 Å². The summed E-state index contributed by atoms with van der Waals surface area (Å²) in [5, 5.41) is 4.34. The fourth-order valence-corrected chi connectivity index (χ4v) is 2.22. The van der Waals surface area contributed by atoms with Crippen LogP contribution in [-0.4, -0.2) is 28.7 Å². The molecule has 92 valence electrons. The first kappa shape index (κ1) is 11.0. The first-order chi connectivity index (χ1) is 8.81. The molecule has 0 saturated carbocycles. The van der Waals surface area contributed by atoms with Crippen LogP contribution in [0.4, 0.5) is 5.69 Å². The number of aromatic nitrogens is 2. The molecule has 4 heteroatoms. The zero-order valence-corrected chi connectivity index (χ0v) is 10.1. The molecule has 0 unspecified atom stereocenters. The highest BCUT2D eigenvalue weighted by molar-refractivity contribution is 5.86. The topological polar surface area (TPSA) is 38.1 Å². The summed E-state index contributed by atoms with van der Waals surface area (Å²) in [6.45, 7) is 2.11. The quantitative estimate of drug-likeness (QED) is 0.821. The highest BCUT2D eigenvalue weighted by atomic mass is 16.1. The van der Waals surface area contributed by atoms with Gasteiger partial charge in [0.1, 0.15) is 0 Å². The number of rotatable bonds is 3. The van der Waals surface area contributed by atoms with Gasteiger partial charge in [-0.3, -0.25) is 9.48 Å². The lowest BCUT2D eigenvalue weighted by Gasteiger charge is -2.12. The number of hydrogen-bond donors (Lipinski definition) is 0. The van der Waals surface area contributed by atoms with Gasteiger partial charge in [-0.25, -0.2) is 0 Å². The van der Waals surface area contributed by atoms with Gasteiger partial charge >= 0.3 is 0 Å². The van der Waals surface area contributed by atoms with Crippen LogP contribution in [0.15, 0.2) is 42.7 Å². The predicted molar refractivity (Wildman–Crippen MR) is 69.6 cm³/mol. The Bertz CT molecular complexity index is 547. The molecule has 0 aliphatic carbocycles. The standard InChI is InChI=1S/C14H15N3O/c18-14-6-7-16(11-14)13-8-15-17(10-13)9-12-4-2-1-3-5-12/h1-5,8,10H,6-7,9,11H2. The maximum atomic E-state index is 11.3. The molecule has 1 aliphatic rings. The normalized spacial score (nSPS) is 15.3. The smallest absolute Gasteiger partial charge is 0.153 e. The summed E-state index contributed by atoms with van der Waals surface area (Å²) < 4.78 is 1.91. The van der Waals surface area contributed by atoms with Crippen LogP contribution in [0.25, 0.3) is 0 Å². The number of Topliss-reactive ketones (excluding diaryl/α,β-unsaturated/α-hetero) is 1. The average molecular weight is 241 g/mol. The van der Waals surface area contributed by atoms with Gasteiger partial charge in [-0.05, 0) is 5.56 Å². The Kier molecular flexibility index (Phi) is 2.84. The second-order valence-corrected chi connectivity index (χ2v) is 4.59. The molecule has 0 atom stereocenters. The van der Waals surface area contributed by atoms with Gasteiger partial charge in [0.2, 0.25) is 0 Å². The van der Waals surface area contributed by atoms with E-state index in [1.807, 2.05) is 35.3 Å².